The number of ether oxygens (including phenoxy) is 7. The molecule has 4 atom stereocenters. The monoisotopic (exact) mass is 2010 g/mol. The highest BCUT2D eigenvalue weighted by atomic mass is 32.1. The number of rotatable bonds is 45. The van der Waals surface area contributed by atoms with E-state index in [2.05, 4.69) is 132 Å². The van der Waals surface area contributed by atoms with E-state index in [1.807, 2.05) is 202 Å². The summed E-state index contributed by atoms with van der Waals surface area (Å²) in [4.78, 5) is 67.5. The van der Waals surface area contributed by atoms with Gasteiger partial charge in [-0.05, 0) is 223 Å². The number of β-amino-alcohol motifs (C(OH)–C–C–N with tert-alkyl or cyclic N) is 4. The Labute approximate surface area is 850 Å². The molecule has 18 aromatic rings. The van der Waals surface area contributed by atoms with E-state index in [0.717, 1.165) is 88.7 Å². The number of aromatic nitrogens is 11. The maximum Gasteiger partial charge on any atom is 0.255 e. The van der Waals surface area contributed by atoms with Gasteiger partial charge in [-0.1, -0.05) is 71.9 Å². The summed E-state index contributed by atoms with van der Waals surface area (Å²) in [5.41, 5.74) is 26.6. The van der Waals surface area contributed by atoms with Gasteiger partial charge in [0.15, 0.2) is 40.8 Å². The molecule has 3 amide bonds. The van der Waals surface area contributed by atoms with Gasteiger partial charge in [-0.2, -0.15) is 0 Å². The second-order valence-electron chi connectivity index (χ2n) is 37.0. The fourth-order valence-corrected chi connectivity index (χ4v) is 18.4. The van der Waals surface area contributed by atoms with Crippen molar-refractivity contribution in [1.82, 2.24) is 74.5 Å². The Hall–Kier alpha value is -15.1. The maximum atomic E-state index is 11.8. The number of thiophene rings is 3. The number of para-hydroxylation sites is 4. The number of hydrogen-bond acceptors (Lipinski definition) is 29. The largest absolute Gasteiger partial charge is 0.490 e. The number of imidazole rings is 3. The summed E-state index contributed by atoms with van der Waals surface area (Å²) in [6.45, 7) is 18.7. The van der Waals surface area contributed by atoms with Gasteiger partial charge >= 0.3 is 0 Å². The molecule has 0 bridgehead atoms. The standard InChI is InChI=1S/C30H31N5O4S.C29H30N6O5.C26H30N4O4S.C24H27N3O2S/c1-30(2,34-18-21(36)19-38-24-10-4-3-8-22(24)26-12-7-15-40-26)16-20-17-33-28-25(11-6-14-35(20)28)39-29-23(27(31)37)9-5-13-32-29;1-29(2,33-17-20(36)18-38-24-9-4-3-7-21(24)23-11-14-39-34-23)15-19-16-32-27-25(10-6-13-35(19)27)40-28-22(26(30)37)8-5-12-31-28;1-26(2,13-18-14-28-25-22(34-17-24(27)32)9-5-11-30(18)25)29-15-19(31)16-33-21-8-4-3-7-20(21)23-10-6-12-35-23;1-24(2,13-17-14-26-23-19(17)8-5-11-25-23)27-15-18(28)16-29-21-9-4-3-7-20(21)22-10-6-12-30-22/h3-15,17,21,34,36H,16,18-19H2,1-2H3,(H2,31,37);3-14,16,20,33,36H,15,17-18H2,1-2H3,(H2,30,37);3-12,14,19,29,31H,13,15-17H2,1-2H3,(H2,27,32);3-12,14,18,27-28H,13,15-16H2,1-2H3,(H,25,26)/t21-;20-;19-;18-/m0000/s1. The number of primary amides is 3. The molecular weight excluding hydrogens is 1900 g/mol. The van der Waals surface area contributed by atoms with Crippen molar-refractivity contribution in [2.45, 2.75) is 128 Å². The number of nitrogens with one attached hydrogen (secondary N) is 5. The van der Waals surface area contributed by atoms with Crippen molar-refractivity contribution < 1.29 is 72.5 Å². The summed E-state index contributed by atoms with van der Waals surface area (Å²) < 4.78 is 51.9. The first-order valence-corrected chi connectivity index (χ1v) is 49.7. The minimum absolute atomic E-state index is 0.106. The number of amides is 3. The van der Waals surface area contributed by atoms with E-state index in [-0.39, 0.29) is 78.1 Å². The Bertz CT molecular complexity index is 7010. The lowest BCUT2D eigenvalue weighted by Crippen LogP contribution is -2.46. The molecule has 0 radical (unpaired) electrons. The Morgan fingerprint density at radius 2 is 0.745 bits per heavy atom. The van der Waals surface area contributed by atoms with Crippen LogP contribution in [0.5, 0.6) is 52.0 Å². The number of aliphatic hydroxyl groups excluding tert-OH is 4. The molecule has 0 spiro atoms. The molecule has 0 saturated carbocycles. The minimum Gasteiger partial charge on any atom is -0.490 e. The molecule has 36 heteroatoms. The first kappa shape index (κ1) is 104. The lowest BCUT2D eigenvalue weighted by atomic mass is 9.95. The SMILES string of the molecule is CC(C)(Cc1c[nH]c2ncccc12)NC[C@H](O)COc1ccccc1-c1cccs1.CC(C)(Cc1cnc2c(OCC(N)=O)cccn12)NC[C@H](O)COc1ccccc1-c1cccs1.CC(C)(Cc1cnc2c(Oc3ncccc3C(N)=O)cccn12)NC[C@H](O)COc1ccccc1-c1cccs1.CC(C)(Cc1cnc2c(Oc3ncccc3C(N)=O)cccn12)NC[C@H](O)COc1ccccc1-c1ccon1. The van der Waals surface area contributed by atoms with Crippen LogP contribution in [0, 0.1) is 0 Å². The molecule has 145 heavy (non-hydrogen) atoms. The summed E-state index contributed by atoms with van der Waals surface area (Å²) in [6, 6.07) is 66.3. The summed E-state index contributed by atoms with van der Waals surface area (Å²) in [6.07, 6.45) is 19.4. The Morgan fingerprint density at radius 3 is 1.12 bits per heavy atom. The lowest BCUT2D eigenvalue weighted by Gasteiger charge is -2.28. The Morgan fingerprint density at radius 1 is 0.393 bits per heavy atom. The second-order valence-corrected chi connectivity index (χ2v) is 39.8. The molecule has 18 rings (SSSR count). The number of carbonyl (C=O) groups excluding carboxylic acids is 3. The van der Waals surface area contributed by atoms with E-state index in [1.165, 1.54) is 24.2 Å². The van der Waals surface area contributed by atoms with Gasteiger partial charge in [-0.3, -0.25) is 14.4 Å². The smallest absolute Gasteiger partial charge is 0.255 e. The molecular formula is C109H118N18O15S3. The number of aliphatic hydroxyl groups is 4. The van der Waals surface area contributed by atoms with Crippen molar-refractivity contribution in [2.24, 2.45) is 17.2 Å². The third-order valence-electron chi connectivity index (χ3n) is 23.2. The molecule has 14 heterocycles. The average Bonchev–Trinajstić information content (AvgIpc) is 1.66. The van der Waals surface area contributed by atoms with Crippen LogP contribution in [0.2, 0.25) is 0 Å². The topological polar surface area (TPSA) is 455 Å². The van der Waals surface area contributed by atoms with Crippen LogP contribution in [0.4, 0.5) is 0 Å². The fraction of sp³-hybridized carbons (Fsp3) is 0.266. The van der Waals surface area contributed by atoms with Crippen molar-refractivity contribution >= 4 is 79.7 Å². The zero-order valence-corrected chi connectivity index (χ0v) is 83.9. The van der Waals surface area contributed by atoms with Crippen molar-refractivity contribution in [3.8, 4) is 94.6 Å². The molecule has 0 aliphatic heterocycles. The molecule has 14 aromatic heterocycles. The van der Waals surface area contributed by atoms with Crippen molar-refractivity contribution in [2.75, 3.05) is 59.2 Å². The third kappa shape index (κ3) is 28.7. The number of carbonyl (C=O) groups is 3. The van der Waals surface area contributed by atoms with Crippen LogP contribution in [-0.2, 0) is 30.5 Å². The van der Waals surface area contributed by atoms with Gasteiger partial charge in [-0.25, -0.2) is 29.9 Å². The van der Waals surface area contributed by atoms with Crippen LogP contribution in [0.3, 0.4) is 0 Å². The maximum absolute atomic E-state index is 11.8. The van der Waals surface area contributed by atoms with E-state index < -0.39 is 42.1 Å². The molecule has 0 aliphatic carbocycles. The molecule has 0 fully saturated rings. The normalized spacial score (nSPS) is 12.5. The van der Waals surface area contributed by atoms with E-state index in [9.17, 15) is 34.8 Å². The van der Waals surface area contributed by atoms with Crippen LogP contribution in [0.1, 0.15) is 98.8 Å². The van der Waals surface area contributed by atoms with Gasteiger partial charge in [0.05, 0.1) is 0 Å². The number of H-pyrrole nitrogens is 1. The summed E-state index contributed by atoms with van der Waals surface area (Å²) in [5.74, 6) is 2.78. The minimum atomic E-state index is -0.746. The number of nitrogens with zero attached hydrogens (tertiary/aromatic N) is 10. The number of nitrogens with two attached hydrogens (primary N) is 3. The van der Waals surface area contributed by atoms with Crippen molar-refractivity contribution in [3.05, 3.63) is 330 Å². The average molecular weight is 2020 g/mol. The van der Waals surface area contributed by atoms with Crippen molar-refractivity contribution in [3.63, 3.8) is 0 Å². The highest BCUT2D eigenvalue weighted by molar-refractivity contribution is 7.14. The highest BCUT2D eigenvalue weighted by Gasteiger charge is 2.30. The van der Waals surface area contributed by atoms with Crippen LogP contribution in [-0.4, -0.2) is 197 Å². The lowest BCUT2D eigenvalue weighted by molar-refractivity contribution is -0.119. The predicted molar refractivity (Wildman–Crippen MR) is 562 cm³/mol. The highest BCUT2D eigenvalue weighted by Crippen LogP contribution is 2.39. The van der Waals surface area contributed by atoms with E-state index in [0.29, 0.717) is 91.1 Å². The summed E-state index contributed by atoms with van der Waals surface area (Å²) >= 11 is 4.99. The molecule has 4 aromatic carbocycles. The van der Waals surface area contributed by atoms with Gasteiger partial charge in [-0.15, -0.1) is 34.0 Å². The Kier molecular flexibility index (Phi) is 35.1. The zero-order valence-electron chi connectivity index (χ0n) is 81.5. The van der Waals surface area contributed by atoms with Crippen LogP contribution >= 0.6 is 34.0 Å². The van der Waals surface area contributed by atoms with Crippen LogP contribution in [0.15, 0.2) is 301 Å². The number of benzene rings is 4. The molecule has 0 saturated heterocycles. The number of hydrogen-bond donors (Lipinski definition) is 12. The summed E-state index contributed by atoms with van der Waals surface area (Å²) in [7, 11) is 0. The fourth-order valence-electron chi connectivity index (χ4n) is 16.1. The third-order valence-corrected chi connectivity index (χ3v) is 25.9. The van der Waals surface area contributed by atoms with Crippen LogP contribution in [0.25, 0.3) is 70.6 Å². The van der Waals surface area contributed by atoms with E-state index in [1.54, 1.807) is 107 Å². The van der Waals surface area contributed by atoms with Gasteiger partial charge in [0.2, 0.25) is 11.8 Å². The zero-order chi connectivity index (χ0) is 102. The number of pyridine rings is 6. The first-order chi connectivity index (χ1) is 69.9. The van der Waals surface area contributed by atoms with Crippen LogP contribution < -0.4 is 71.6 Å². The van der Waals surface area contributed by atoms with Crippen molar-refractivity contribution in [1.29, 1.82) is 0 Å². The molecule has 33 nitrogen and oxygen atoms in total. The van der Waals surface area contributed by atoms with E-state index in [4.69, 9.17) is 54.9 Å². The summed E-state index contributed by atoms with van der Waals surface area (Å²) in [5, 5.41) is 67.4. The van der Waals surface area contributed by atoms with E-state index >= 15 is 0 Å². The quantitative estimate of drug-likeness (QED) is 0.0169. The Balaban J connectivity index is 0.000000146. The van der Waals surface area contributed by atoms with Gasteiger partial charge in [0.1, 0.15) is 103 Å². The van der Waals surface area contributed by atoms with Gasteiger partial charge in [0.25, 0.3) is 17.7 Å². The second kappa shape index (κ2) is 48.8. The van der Waals surface area contributed by atoms with Gasteiger partial charge in [0, 0.05) is 195 Å². The molecule has 752 valence electrons. The van der Waals surface area contributed by atoms with Gasteiger partial charge < -0.3 is 115 Å². The number of aromatic amines is 1. The first-order valence-electron chi connectivity index (χ1n) is 47.1. The molecule has 0 unspecified atom stereocenters. The number of fused-ring (bicyclic) bond motifs is 4. The predicted octanol–water partition coefficient (Wildman–Crippen LogP) is 16.2. The molecule has 0 aliphatic rings. The molecule has 15 N–H and O–H groups in total.